The minimum absolute atomic E-state index is 0.00583. The standard InChI is InChI=1S/C14H23N3O2/c1-4-10(3)15-14(18)17-8-6-7-12(17)13-9-11(5-2)16-19-13/h9-10,12H,4-8H2,1-3H3,(H,15,18). The van der Waals surface area contributed by atoms with Gasteiger partial charge in [0.1, 0.15) is 0 Å². The van der Waals surface area contributed by atoms with Crippen LogP contribution in [0.25, 0.3) is 0 Å². The van der Waals surface area contributed by atoms with Gasteiger partial charge in [-0.3, -0.25) is 0 Å². The molecule has 106 valence electrons. The molecule has 2 unspecified atom stereocenters. The summed E-state index contributed by atoms with van der Waals surface area (Å²) in [6.45, 7) is 6.92. The van der Waals surface area contributed by atoms with Crippen LogP contribution in [0.2, 0.25) is 0 Å². The number of amides is 2. The Bertz CT molecular complexity index is 430. The van der Waals surface area contributed by atoms with E-state index in [9.17, 15) is 4.79 Å². The number of aryl methyl sites for hydroxylation is 1. The Labute approximate surface area is 114 Å². The van der Waals surface area contributed by atoms with Crippen LogP contribution >= 0.6 is 0 Å². The maximum Gasteiger partial charge on any atom is 0.318 e. The molecule has 0 aliphatic carbocycles. The Hall–Kier alpha value is -1.52. The average Bonchev–Trinajstić information content (AvgIpc) is 3.06. The number of aromatic nitrogens is 1. The van der Waals surface area contributed by atoms with Crippen LogP contribution in [0.1, 0.15) is 57.5 Å². The summed E-state index contributed by atoms with van der Waals surface area (Å²) < 4.78 is 5.38. The third kappa shape index (κ3) is 3.08. The molecule has 0 aromatic carbocycles. The predicted octanol–water partition coefficient (Wildman–Crippen LogP) is 2.88. The fourth-order valence-electron chi connectivity index (χ4n) is 2.35. The summed E-state index contributed by atoms with van der Waals surface area (Å²) in [6.07, 6.45) is 3.76. The highest BCUT2D eigenvalue weighted by atomic mass is 16.5. The van der Waals surface area contributed by atoms with Gasteiger partial charge in [-0.15, -0.1) is 0 Å². The molecule has 19 heavy (non-hydrogen) atoms. The van der Waals surface area contributed by atoms with E-state index in [1.54, 1.807) is 0 Å². The van der Waals surface area contributed by atoms with Crippen molar-refractivity contribution in [1.82, 2.24) is 15.4 Å². The molecule has 2 rings (SSSR count). The lowest BCUT2D eigenvalue weighted by molar-refractivity contribution is 0.179. The van der Waals surface area contributed by atoms with Crippen molar-refractivity contribution in [2.24, 2.45) is 0 Å². The lowest BCUT2D eigenvalue weighted by Gasteiger charge is -2.24. The van der Waals surface area contributed by atoms with Gasteiger partial charge < -0.3 is 14.7 Å². The number of rotatable bonds is 4. The van der Waals surface area contributed by atoms with Crippen molar-refractivity contribution in [3.05, 3.63) is 17.5 Å². The Morgan fingerprint density at radius 2 is 2.42 bits per heavy atom. The Morgan fingerprint density at radius 1 is 1.63 bits per heavy atom. The van der Waals surface area contributed by atoms with Crippen LogP contribution in [0, 0.1) is 0 Å². The monoisotopic (exact) mass is 265 g/mol. The zero-order valence-electron chi connectivity index (χ0n) is 12.0. The number of hydrogen-bond donors (Lipinski definition) is 1. The minimum Gasteiger partial charge on any atom is -0.359 e. The second kappa shape index (κ2) is 6.08. The van der Waals surface area contributed by atoms with Crippen molar-refractivity contribution in [2.45, 2.75) is 58.5 Å². The first-order valence-corrected chi connectivity index (χ1v) is 7.18. The molecule has 0 saturated carbocycles. The first-order valence-electron chi connectivity index (χ1n) is 7.18. The van der Waals surface area contributed by atoms with Gasteiger partial charge in [-0.1, -0.05) is 19.0 Å². The fourth-order valence-corrected chi connectivity index (χ4v) is 2.35. The van der Waals surface area contributed by atoms with Gasteiger partial charge in [0.05, 0.1) is 11.7 Å². The lowest BCUT2D eigenvalue weighted by atomic mass is 10.1. The molecule has 1 aliphatic rings. The zero-order chi connectivity index (χ0) is 13.8. The minimum atomic E-state index is 0.00583. The summed E-state index contributed by atoms with van der Waals surface area (Å²) >= 11 is 0. The van der Waals surface area contributed by atoms with E-state index in [4.69, 9.17) is 4.52 Å². The number of nitrogens with one attached hydrogen (secondary N) is 1. The van der Waals surface area contributed by atoms with Crippen LogP contribution in [0.5, 0.6) is 0 Å². The van der Waals surface area contributed by atoms with Gasteiger partial charge in [-0.25, -0.2) is 4.79 Å². The molecule has 2 amide bonds. The molecule has 0 spiro atoms. The van der Waals surface area contributed by atoms with Gasteiger partial charge in [0.15, 0.2) is 5.76 Å². The second-order valence-corrected chi connectivity index (χ2v) is 5.18. The van der Waals surface area contributed by atoms with E-state index in [-0.39, 0.29) is 18.1 Å². The van der Waals surface area contributed by atoms with Gasteiger partial charge in [0.2, 0.25) is 0 Å². The van der Waals surface area contributed by atoms with E-state index in [2.05, 4.69) is 17.4 Å². The van der Waals surface area contributed by atoms with Crippen LogP contribution in [0.3, 0.4) is 0 Å². The third-order valence-corrected chi connectivity index (χ3v) is 3.76. The van der Waals surface area contributed by atoms with Gasteiger partial charge in [0.25, 0.3) is 0 Å². The summed E-state index contributed by atoms with van der Waals surface area (Å²) in [6, 6.07) is 2.22. The van der Waals surface area contributed by atoms with Crippen LogP contribution in [-0.2, 0) is 6.42 Å². The van der Waals surface area contributed by atoms with Gasteiger partial charge >= 0.3 is 6.03 Å². The first kappa shape index (κ1) is 13.9. The molecular weight excluding hydrogens is 242 g/mol. The highest BCUT2D eigenvalue weighted by Gasteiger charge is 2.33. The summed E-state index contributed by atoms with van der Waals surface area (Å²) in [5, 5.41) is 7.03. The van der Waals surface area contributed by atoms with Crippen molar-refractivity contribution in [2.75, 3.05) is 6.54 Å². The van der Waals surface area contributed by atoms with Crippen LogP contribution in [-0.4, -0.2) is 28.7 Å². The fraction of sp³-hybridized carbons (Fsp3) is 0.714. The smallest absolute Gasteiger partial charge is 0.318 e. The van der Waals surface area contributed by atoms with E-state index in [0.29, 0.717) is 0 Å². The third-order valence-electron chi connectivity index (χ3n) is 3.76. The maximum atomic E-state index is 12.2. The number of hydrogen-bond acceptors (Lipinski definition) is 3. The van der Waals surface area contributed by atoms with Gasteiger partial charge in [0, 0.05) is 18.7 Å². The molecule has 5 heteroatoms. The number of urea groups is 1. The summed E-state index contributed by atoms with van der Waals surface area (Å²) in [7, 11) is 0. The molecule has 1 aromatic rings. The summed E-state index contributed by atoms with van der Waals surface area (Å²) in [5.74, 6) is 0.814. The molecule has 1 N–H and O–H groups in total. The molecule has 5 nitrogen and oxygen atoms in total. The predicted molar refractivity (Wildman–Crippen MR) is 72.8 cm³/mol. The molecule has 2 heterocycles. The average molecular weight is 265 g/mol. The number of nitrogens with zero attached hydrogens (tertiary/aromatic N) is 2. The highest BCUT2D eigenvalue weighted by Crippen LogP contribution is 2.32. The first-order chi connectivity index (χ1) is 9.15. The molecule has 2 atom stereocenters. The van der Waals surface area contributed by atoms with E-state index < -0.39 is 0 Å². The van der Waals surface area contributed by atoms with Crippen molar-refractivity contribution >= 4 is 6.03 Å². The molecule has 1 aromatic heterocycles. The SMILES string of the molecule is CCc1cc(C2CCCN2C(=O)NC(C)CC)on1. The van der Waals surface area contributed by atoms with Crippen molar-refractivity contribution in [1.29, 1.82) is 0 Å². The van der Waals surface area contributed by atoms with Crippen LogP contribution in [0.15, 0.2) is 10.6 Å². The van der Waals surface area contributed by atoms with E-state index >= 15 is 0 Å². The normalized spacial score (nSPS) is 20.6. The number of likely N-dealkylation sites (tertiary alicyclic amines) is 1. The van der Waals surface area contributed by atoms with Crippen molar-refractivity contribution in [3.8, 4) is 0 Å². The van der Waals surface area contributed by atoms with Crippen LogP contribution < -0.4 is 5.32 Å². The van der Waals surface area contributed by atoms with E-state index in [0.717, 1.165) is 43.7 Å². The molecule has 0 bridgehead atoms. The quantitative estimate of drug-likeness (QED) is 0.910. The maximum absolute atomic E-state index is 12.2. The van der Waals surface area contributed by atoms with E-state index in [1.807, 2.05) is 24.8 Å². The Balaban J connectivity index is 2.06. The topological polar surface area (TPSA) is 58.4 Å². The molecule has 0 radical (unpaired) electrons. The van der Waals surface area contributed by atoms with Crippen molar-refractivity contribution < 1.29 is 9.32 Å². The lowest BCUT2D eigenvalue weighted by Crippen LogP contribution is -2.43. The Kier molecular flexibility index (Phi) is 4.45. The number of carbonyl (C=O) groups is 1. The van der Waals surface area contributed by atoms with Crippen molar-refractivity contribution in [3.63, 3.8) is 0 Å². The summed E-state index contributed by atoms with van der Waals surface area (Å²) in [4.78, 5) is 14.1. The zero-order valence-corrected chi connectivity index (χ0v) is 12.0. The molecule has 1 saturated heterocycles. The van der Waals surface area contributed by atoms with Gasteiger partial charge in [-0.05, 0) is 32.6 Å². The van der Waals surface area contributed by atoms with Crippen LogP contribution in [0.4, 0.5) is 4.79 Å². The highest BCUT2D eigenvalue weighted by molar-refractivity contribution is 5.75. The molecule has 1 aliphatic heterocycles. The van der Waals surface area contributed by atoms with E-state index in [1.165, 1.54) is 0 Å². The second-order valence-electron chi connectivity index (χ2n) is 5.18. The Morgan fingerprint density at radius 3 is 3.05 bits per heavy atom. The molecule has 1 fully saturated rings. The number of carbonyl (C=O) groups excluding carboxylic acids is 1. The largest absolute Gasteiger partial charge is 0.359 e. The summed E-state index contributed by atoms with van der Waals surface area (Å²) in [5.41, 5.74) is 0.948. The van der Waals surface area contributed by atoms with Gasteiger partial charge in [-0.2, -0.15) is 0 Å². The molecular formula is C14H23N3O2.